The minimum atomic E-state index is -0.144. The topological polar surface area (TPSA) is 71.6 Å². The van der Waals surface area contributed by atoms with E-state index in [-0.39, 0.29) is 18.8 Å². The smallest absolute Gasteiger partial charge is 0.257 e. The summed E-state index contributed by atoms with van der Waals surface area (Å²) in [6.07, 6.45) is -0.0503. The molecule has 0 spiro atoms. The molecule has 1 aliphatic rings. The van der Waals surface area contributed by atoms with Crippen molar-refractivity contribution in [2.45, 2.75) is 25.7 Å². The Balaban J connectivity index is 1.67. The summed E-state index contributed by atoms with van der Waals surface area (Å²) >= 11 is 0. The Hall–Kier alpha value is -1.76. The van der Waals surface area contributed by atoms with Crippen molar-refractivity contribution < 1.29 is 14.4 Å². The van der Waals surface area contributed by atoms with E-state index in [1.54, 1.807) is 0 Å². The van der Waals surface area contributed by atoms with Crippen molar-refractivity contribution in [3.63, 3.8) is 0 Å². The van der Waals surface area contributed by atoms with Crippen LogP contribution in [-0.4, -0.2) is 52.1 Å². The Morgan fingerprint density at radius 3 is 2.86 bits per heavy atom. The fourth-order valence-electron chi connectivity index (χ4n) is 2.59. The second-order valence-electron chi connectivity index (χ2n) is 5.33. The molecule has 3 rings (SSSR count). The SMILES string of the molecule is CC1CN(Cc2noc(-c3ccccc3)n2)CC(CO)O1. The van der Waals surface area contributed by atoms with Gasteiger partial charge in [-0.15, -0.1) is 0 Å². The molecule has 1 aliphatic heterocycles. The summed E-state index contributed by atoms with van der Waals surface area (Å²) in [4.78, 5) is 6.60. The predicted molar refractivity (Wildman–Crippen MR) is 76.4 cm³/mol. The lowest BCUT2D eigenvalue weighted by atomic mass is 10.2. The van der Waals surface area contributed by atoms with Crippen LogP contribution in [0.4, 0.5) is 0 Å². The number of hydrogen-bond donors (Lipinski definition) is 1. The number of aliphatic hydroxyl groups excluding tert-OH is 1. The van der Waals surface area contributed by atoms with Gasteiger partial charge in [-0.3, -0.25) is 4.90 Å². The molecule has 112 valence electrons. The van der Waals surface area contributed by atoms with Crippen molar-refractivity contribution in [1.29, 1.82) is 0 Å². The third kappa shape index (κ3) is 3.47. The zero-order chi connectivity index (χ0) is 14.7. The maximum Gasteiger partial charge on any atom is 0.257 e. The van der Waals surface area contributed by atoms with Crippen LogP contribution < -0.4 is 0 Å². The van der Waals surface area contributed by atoms with Gasteiger partial charge in [-0.1, -0.05) is 23.4 Å². The number of morpholine rings is 1. The summed E-state index contributed by atoms with van der Waals surface area (Å²) in [5.74, 6) is 1.19. The van der Waals surface area contributed by atoms with E-state index in [9.17, 15) is 5.11 Å². The predicted octanol–water partition coefficient (Wildman–Crippen LogP) is 1.32. The lowest BCUT2D eigenvalue weighted by molar-refractivity contribution is -0.0978. The first-order chi connectivity index (χ1) is 10.2. The lowest BCUT2D eigenvalue weighted by Gasteiger charge is -2.35. The van der Waals surface area contributed by atoms with E-state index >= 15 is 0 Å². The van der Waals surface area contributed by atoms with Crippen LogP contribution in [-0.2, 0) is 11.3 Å². The van der Waals surface area contributed by atoms with E-state index in [1.807, 2.05) is 37.3 Å². The van der Waals surface area contributed by atoms with Crippen LogP contribution in [0.15, 0.2) is 34.9 Å². The minimum Gasteiger partial charge on any atom is -0.394 e. The Morgan fingerprint density at radius 2 is 2.10 bits per heavy atom. The van der Waals surface area contributed by atoms with Gasteiger partial charge in [0.1, 0.15) is 0 Å². The maximum atomic E-state index is 9.24. The standard InChI is InChI=1S/C15H19N3O3/c1-11-7-18(8-13(10-19)20-11)9-14-16-15(21-17-14)12-5-3-2-4-6-12/h2-6,11,13,19H,7-10H2,1H3. The number of rotatable bonds is 4. The van der Waals surface area contributed by atoms with E-state index in [4.69, 9.17) is 9.26 Å². The quantitative estimate of drug-likeness (QED) is 0.915. The second kappa shape index (κ2) is 6.34. The largest absolute Gasteiger partial charge is 0.394 e. The normalized spacial score (nSPS) is 23.3. The van der Waals surface area contributed by atoms with E-state index in [0.717, 1.165) is 12.1 Å². The average molecular weight is 289 g/mol. The van der Waals surface area contributed by atoms with Gasteiger partial charge in [0.25, 0.3) is 5.89 Å². The van der Waals surface area contributed by atoms with Gasteiger partial charge in [0.2, 0.25) is 0 Å². The minimum absolute atomic E-state index is 0.0301. The summed E-state index contributed by atoms with van der Waals surface area (Å²) in [6, 6.07) is 9.71. The fraction of sp³-hybridized carbons (Fsp3) is 0.467. The molecule has 2 heterocycles. The van der Waals surface area contributed by atoms with Crippen LogP contribution in [0.3, 0.4) is 0 Å². The van der Waals surface area contributed by atoms with Crippen molar-refractivity contribution in [3.05, 3.63) is 36.2 Å². The van der Waals surface area contributed by atoms with Crippen molar-refractivity contribution in [1.82, 2.24) is 15.0 Å². The molecule has 0 amide bonds. The molecule has 0 saturated carbocycles. The third-order valence-electron chi connectivity index (χ3n) is 3.46. The Bertz CT molecular complexity index is 573. The summed E-state index contributed by atoms with van der Waals surface area (Å²) in [6.45, 7) is 4.10. The number of aliphatic hydroxyl groups is 1. The highest BCUT2D eigenvalue weighted by Gasteiger charge is 2.25. The molecular weight excluding hydrogens is 270 g/mol. The van der Waals surface area contributed by atoms with Gasteiger partial charge in [-0.2, -0.15) is 4.98 Å². The van der Waals surface area contributed by atoms with Crippen molar-refractivity contribution in [3.8, 4) is 11.5 Å². The second-order valence-corrected chi connectivity index (χ2v) is 5.33. The average Bonchev–Trinajstić information content (AvgIpc) is 2.96. The Morgan fingerprint density at radius 1 is 1.29 bits per heavy atom. The third-order valence-corrected chi connectivity index (χ3v) is 3.46. The molecule has 0 radical (unpaired) electrons. The first-order valence-corrected chi connectivity index (χ1v) is 7.11. The molecule has 0 bridgehead atoms. The summed E-state index contributed by atoms with van der Waals surface area (Å²) < 4.78 is 10.9. The van der Waals surface area contributed by atoms with Gasteiger partial charge < -0.3 is 14.4 Å². The highest BCUT2D eigenvalue weighted by Crippen LogP contribution is 2.18. The summed E-state index contributed by atoms with van der Waals surface area (Å²) in [5.41, 5.74) is 0.917. The summed E-state index contributed by atoms with van der Waals surface area (Å²) in [7, 11) is 0. The zero-order valence-corrected chi connectivity index (χ0v) is 12.0. The first kappa shape index (κ1) is 14.2. The van der Waals surface area contributed by atoms with E-state index in [2.05, 4.69) is 15.0 Å². The molecule has 1 N–H and O–H groups in total. The molecular formula is C15H19N3O3. The van der Waals surface area contributed by atoms with Gasteiger partial charge >= 0.3 is 0 Å². The number of hydrogen-bond acceptors (Lipinski definition) is 6. The van der Waals surface area contributed by atoms with Crippen LogP contribution in [0.2, 0.25) is 0 Å². The maximum absolute atomic E-state index is 9.24. The van der Waals surface area contributed by atoms with Crippen LogP contribution >= 0.6 is 0 Å². The Labute approximate surface area is 123 Å². The molecule has 2 aromatic rings. The summed E-state index contributed by atoms with van der Waals surface area (Å²) in [5, 5.41) is 13.3. The number of ether oxygens (including phenoxy) is 1. The zero-order valence-electron chi connectivity index (χ0n) is 12.0. The van der Waals surface area contributed by atoms with Crippen LogP contribution in [0.1, 0.15) is 12.7 Å². The van der Waals surface area contributed by atoms with Crippen molar-refractivity contribution in [2.24, 2.45) is 0 Å². The number of benzene rings is 1. The van der Waals surface area contributed by atoms with Gasteiger partial charge in [0.15, 0.2) is 5.82 Å². The highest BCUT2D eigenvalue weighted by atomic mass is 16.5. The molecule has 2 atom stereocenters. The van der Waals surface area contributed by atoms with E-state index in [1.165, 1.54) is 0 Å². The molecule has 1 saturated heterocycles. The van der Waals surface area contributed by atoms with E-state index in [0.29, 0.717) is 24.8 Å². The van der Waals surface area contributed by atoms with Crippen LogP contribution in [0.5, 0.6) is 0 Å². The molecule has 1 aromatic carbocycles. The molecule has 6 nitrogen and oxygen atoms in total. The monoisotopic (exact) mass is 289 g/mol. The molecule has 1 fully saturated rings. The molecule has 0 aliphatic carbocycles. The molecule has 21 heavy (non-hydrogen) atoms. The van der Waals surface area contributed by atoms with Crippen LogP contribution in [0, 0.1) is 0 Å². The number of nitrogens with zero attached hydrogens (tertiary/aromatic N) is 3. The molecule has 2 unspecified atom stereocenters. The highest BCUT2D eigenvalue weighted by molar-refractivity contribution is 5.51. The van der Waals surface area contributed by atoms with Crippen molar-refractivity contribution >= 4 is 0 Å². The Kier molecular flexibility index (Phi) is 4.28. The fourth-order valence-corrected chi connectivity index (χ4v) is 2.59. The number of aromatic nitrogens is 2. The van der Waals surface area contributed by atoms with Gasteiger partial charge in [0.05, 0.1) is 25.4 Å². The van der Waals surface area contributed by atoms with Gasteiger partial charge in [-0.25, -0.2) is 0 Å². The lowest BCUT2D eigenvalue weighted by Crippen LogP contribution is -2.47. The van der Waals surface area contributed by atoms with Gasteiger partial charge in [-0.05, 0) is 19.1 Å². The van der Waals surface area contributed by atoms with Crippen LogP contribution in [0.25, 0.3) is 11.5 Å². The molecule has 6 heteroatoms. The van der Waals surface area contributed by atoms with E-state index < -0.39 is 0 Å². The van der Waals surface area contributed by atoms with Gasteiger partial charge in [0, 0.05) is 18.7 Å². The first-order valence-electron chi connectivity index (χ1n) is 7.11. The molecule has 1 aromatic heterocycles. The van der Waals surface area contributed by atoms with Crippen molar-refractivity contribution in [2.75, 3.05) is 19.7 Å².